The SMILES string of the molecule is O=C(O)[C@@H](O)[C@@H](CCCc1ccc(OC(F)(F)F)cc1)C(=O)O. The second-order valence-corrected chi connectivity index (χ2v) is 4.81. The molecule has 0 saturated carbocycles. The average molecular weight is 336 g/mol. The molecule has 23 heavy (non-hydrogen) atoms. The maximum absolute atomic E-state index is 12.0. The zero-order valence-corrected chi connectivity index (χ0v) is 11.8. The summed E-state index contributed by atoms with van der Waals surface area (Å²) in [4.78, 5) is 21.5. The molecular weight excluding hydrogens is 321 g/mol. The van der Waals surface area contributed by atoms with E-state index >= 15 is 0 Å². The summed E-state index contributed by atoms with van der Waals surface area (Å²) >= 11 is 0. The van der Waals surface area contributed by atoms with Gasteiger partial charge < -0.3 is 20.1 Å². The highest BCUT2D eigenvalue weighted by Gasteiger charge is 2.32. The van der Waals surface area contributed by atoms with Gasteiger partial charge in [0.1, 0.15) is 5.75 Å². The van der Waals surface area contributed by atoms with Gasteiger partial charge in [0.05, 0.1) is 5.92 Å². The summed E-state index contributed by atoms with van der Waals surface area (Å²) in [5.41, 5.74) is 0.633. The molecule has 1 rings (SSSR count). The number of carboxylic acid groups (broad SMARTS) is 2. The molecule has 0 saturated heterocycles. The molecule has 128 valence electrons. The van der Waals surface area contributed by atoms with Crippen molar-refractivity contribution < 1.29 is 42.8 Å². The predicted octanol–water partition coefficient (Wildman–Crippen LogP) is 2.05. The molecule has 0 spiro atoms. The lowest BCUT2D eigenvalue weighted by molar-refractivity contribution is -0.274. The first-order valence-corrected chi connectivity index (χ1v) is 6.58. The topological polar surface area (TPSA) is 104 Å². The largest absolute Gasteiger partial charge is 0.573 e. The first kappa shape index (κ1) is 18.8. The number of aliphatic hydroxyl groups is 1. The van der Waals surface area contributed by atoms with E-state index < -0.39 is 30.3 Å². The Balaban J connectivity index is 2.54. The highest BCUT2D eigenvalue weighted by Crippen LogP contribution is 2.23. The summed E-state index contributed by atoms with van der Waals surface area (Å²) in [5, 5.41) is 26.8. The summed E-state index contributed by atoms with van der Waals surface area (Å²) in [6.07, 6.45) is -6.29. The van der Waals surface area contributed by atoms with E-state index in [0.717, 1.165) is 12.1 Å². The number of hydrogen-bond donors (Lipinski definition) is 3. The van der Waals surface area contributed by atoms with E-state index in [4.69, 9.17) is 10.2 Å². The van der Waals surface area contributed by atoms with E-state index in [2.05, 4.69) is 4.74 Å². The molecule has 0 unspecified atom stereocenters. The van der Waals surface area contributed by atoms with Crippen molar-refractivity contribution in [3.8, 4) is 5.75 Å². The molecule has 3 N–H and O–H groups in total. The van der Waals surface area contributed by atoms with Gasteiger partial charge in [0.25, 0.3) is 0 Å². The highest BCUT2D eigenvalue weighted by atomic mass is 19.4. The van der Waals surface area contributed by atoms with Gasteiger partial charge in [-0.25, -0.2) is 4.79 Å². The third-order valence-electron chi connectivity index (χ3n) is 3.09. The van der Waals surface area contributed by atoms with Crippen molar-refractivity contribution in [2.24, 2.45) is 5.92 Å². The number of ether oxygens (including phenoxy) is 1. The lowest BCUT2D eigenvalue weighted by Crippen LogP contribution is -2.34. The van der Waals surface area contributed by atoms with Crippen LogP contribution >= 0.6 is 0 Å². The van der Waals surface area contributed by atoms with Crippen molar-refractivity contribution in [3.63, 3.8) is 0 Å². The van der Waals surface area contributed by atoms with Crippen LogP contribution < -0.4 is 4.74 Å². The van der Waals surface area contributed by atoms with Crippen molar-refractivity contribution in [1.29, 1.82) is 0 Å². The molecule has 0 bridgehead atoms. The second kappa shape index (κ2) is 7.82. The summed E-state index contributed by atoms with van der Waals surface area (Å²) < 4.78 is 39.7. The van der Waals surface area contributed by atoms with Crippen LogP contribution in [0.1, 0.15) is 18.4 Å². The fraction of sp³-hybridized carbons (Fsp3) is 0.429. The van der Waals surface area contributed by atoms with E-state index in [-0.39, 0.29) is 18.6 Å². The third-order valence-corrected chi connectivity index (χ3v) is 3.09. The van der Waals surface area contributed by atoms with E-state index in [9.17, 15) is 27.9 Å². The molecular formula is C14H15F3O6. The first-order valence-electron chi connectivity index (χ1n) is 6.58. The lowest BCUT2D eigenvalue weighted by Gasteiger charge is -2.15. The Morgan fingerprint density at radius 1 is 1.09 bits per heavy atom. The maximum atomic E-state index is 12.0. The van der Waals surface area contributed by atoms with Gasteiger partial charge in [0.15, 0.2) is 6.10 Å². The van der Waals surface area contributed by atoms with Gasteiger partial charge >= 0.3 is 18.3 Å². The van der Waals surface area contributed by atoms with Crippen LogP contribution in [0.4, 0.5) is 13.2 Å². The number of aliphatic hydroxyl groups excluding tert-OH is 1. The van der Waals surface area contributed by atoms with E-state index in [1.54, 1.807) is 0 Å². The smallest absolute Gasteiger partial charge is 0.481 e. The minimum atomic E-state index is -4.77. The summed E-state index contributed by atoms with van der Waals surface area (Å²) in [5.74, 6) is -4.86. The van der Waals surface area contributed by atoms with Gasteiger partial charge in [-0.1, -0.05) is 12.1 Å². The zero-order valence-electron chi connectivity index (χ0n) is 11.8. The molecule has 0 aliphatic carbocycles. The summed E-state index contributed by atoms with van der Waals surface area (Å²) in [7, 11) is 0. The van der Waals surface area contributed by atoms with Crippen molar-refractivity contribution >= 4 is 11.9 Å². The van der Waals surface area contributed by atoms with Crippen molar-refractivity contribution in [1.82, 2.24) is 0 Å². The van der Waals surface area contributed by atoms with Crippen molar-refractivity contribution in [2.75, 3.05) is 0 Å². The fourth-order valence-electron chi connectivity index (χ4n) is 1.97. The Bertz CT molecular complexity index is 540. The molecule has 0 aromatic heterocycles. The van der Waals surface area contributed by atoms with Gasteiger partial charge in [0, 0.05) is 0 Å². The van der Waals surface area contributed by atoms with E-state index in [1.165, 1.54) is 12.1 Å². The molecule has 0 radical (unpaired) electrons. The van der Waals surface area contributed by atoms with Crippen LogP contribution in [0.15, 0.2) is 24.3 Å². The Morgan fingerprint density at radius 2 is 1.65 bits per heavy atom. The Morgan fingerprint density at radius 3 is 2.09 bits per heavy atom. The number of rotatable bonds is 8. The predicted molar refractivity (Wildman–Crippen MR) is 70.8 cm³/mol. The number of hydrogen-bond acceptors (Lipinski definition) is 4. The van der Waals surface area contributed by atoms with E-state index in [0.29, 0.717) is 12.0 Å². The fourth-order valence-corrected chi connectivity index (χ4v) is 1.97. The molecule has 0 aliphatic heterocycles. The van der Waals surface area contributed by atoms with Gasteiger partial charge in [0.2, 0.25) is 0 Å². The Labute approximate surface area is 129 Å². The zero-order chi connectivity index (χ0) is 17.6. The van der Waals surface area contributed by atoms with Crippen LogP contribution in [0, 0.1) is 5.92 Å². The number of aliphatic carboxylic acids is 2. The summed E-state index contributed by atoms with van der Waals surface area (Å²) in [6, 6.07) is 5.04. The molecule has 2 atom stereocenters. The molecule has 1 aromatic rings. The molecule has 0 amide bonds. The number of benzene rings is 1. The number of aryl methyl sites for hydroxylation is 1. The molecule has 0 fully saturated rings. The normalized spacial score (nSPS) is 14.1. The van der Waals surface area contributed by atoms with Crippen molar-refractivity contribution in [3.05, 3.63) is 29.8 Å². The second-order valence-electron chi connectivity index (χ2n) is 4.81. The van der Waals surface area contributed by atoms with Crippen LogP contribution in [0.3, 0.4) is 0 Å². The van der Waals surface area contributed by atoms with Gasteiger partial charge in [-0.15, -0.1) is 13.2 Å². The average Bonchev–Trinajstić information content (AvgIpc) is 2.42. The van der Waals surface area contributed by atoms with Crippen LogP contribution in [0.25, 0.3) is 0 Å². The number of carbonyl (C=O) groups is 2. The number of halogens is 3. The van der Waals surface area contributed by atoms with Gasteiger partial charge in [-0.3, -0.25) is 4.79 Å². The van der Waals surface area contributed by atoms with Crippen LogP contribution in [0.5, 0.6) is 5.75 Å². The standard InChI is InChI=1S/C14H15F3O6/c15-14(16,17)23-9-6-4-8(5-7-9)2-1-3-10(12(19)20)11(18)13(21)22/h4-7,10-11,18H,1-3H2,(H,19,20)(H,21,22)/t10-,11+/m1/s1. The lowest BCUT2D eigenvalue weighted by atomic mass is 9.94. The van der Waals surface area contributed by atoms with Gasteiger partial charge in [-0.2, -0.15) is 0 Å². The van der Waals surface area contributed by atoms with Crippen LogP contribution in [-0.4, -0.2) is 39.7 Å². The van der Waals surface area contributed by atoms with E-state index in [1.807, 2.05) is 0 Å². The molecule has 1 aromatic carbocycles. The minimum Gasteiger partial charge on any atom is -0.481 e. The van der Waals surface area contributed by atoms with Crippen LogP contribution in [-0.2, 0) is 16.0 Å². The monoisotopic (exact) mass is 336 g/mol. The quantitative estimate of drug-likeness (QED) is 0.671. The van der Waals surface area contributed by atoms with Crippen LogP contribution in [0.2, 0.25) is 0 Å². The molecule has 0 heterocycles. The molecule has 0 aliphatic rings. The Kier molecular flexibility index (Phi) is 6.38. The number of alkyl halides is 3. The van der Waals surface area contributed by atoms with Gasteiger partial charge in [-0.05, 0) is 37.0 Å². The highest BCUT2D eigenvalue weighted by molar-refractivity contribution is 5.81. The first-order chi connectivity index (χ1) is 10.6. The molecule has 6 nitrogen and oxygen atoms in total. The maximum Gasteiger partial charge on any atom is 0.573 e. The summed E-state index contributed by atoms with van der Waals surface area (Å²) in [6.45, 7) is 0. The van der Waals surface area contributed by atoms with Crippen molar-refractivity contribution in [2.45, 2.75) is 31.7 Å². The number of carboxylic acids is 2. The Hall–Kier alpha value is -2.29. The molecule has 9 heteroatoms. The minimum absolute atomic E-state index is 0.0798. The third kappa shape index (κ3) is 6.55.